The monoisotopic (exact) mass is 468 g/mol. The zero-order valence-corrected chi connectivity index (χ0v) is 19.0. The minimum Gasteiger partial charge on any atom is -0.508 e. The van der Waals surface area contributed by atoms with Crippen molar-refractivity contribution in [3.8, 4) is 17.2 Å². The molecule has 0 aliphatic carbocycles. The summed E-state index contributed by atoms with van der Waals surface area (Å²) in [6.07, 6.45) is -0.672. The van der Waals surface area contributed by atoms with E-state index in [2.05, 4.69) is 10.6 Å². The first-order valence-electron chi connectivity index (χ1n) is 10.9. The topological polar surface area (TPSA) is 96.9 Å². The maximum atomic E-state index is 12.3. The third kappa shape index (κ3) is 6.85. The van der Waals surface area contributed by atoms with Crippen LogP contribution in [-0.2, 0) is 6.42 Å². The lowest BCUT2D eigenvalue weighted by atomic mass is 10.0. The number of benzene rings is 4. The standard InChI is InChI=1S/C28H24N2O5/c1-19-6-4-9-24(16-19)34-27(32)29-22-14-12-20(13-15-22)17-21-7-2-3-11-26(21)30-28(33)35-25-10-5-8-23(31)18-25/h2-16,18,31H,17H2,1H3,(H,29,32)(H,30,33). The van der Waals surface area contributed by atoms with Gasteiger partial charge >= 0.3 is 12.2 Å². The minimum absolute atomic E-state index is 0.0112. The van der Waals surface area contributed by atoms with Crippen molar-refractivity contribution < 1.29 is 24.2 Å². The molecule has 2 amide bonds. The second kappa shape index (κ2) is 10.9. The van der Waals surface area contributed by atoms with Gasteiger partial charge in [0.2, 0.25) is 0 Å². The Morgan fingerprint density at radius 3 is 2.11 bits per heavy atom. The molecule has 176 valence electrons. The number of carbonyl (C=O) groups is 2. The number of carbonyl (C=O) groups excluding carboxylic acids is 2. The third-order valence-electron chi connectivity index (χ3n) is 5.08. The molecule has 0 unspecified atom stereocenters. The second-order valence-electron chi connectivity index (χ2n) is 7.87. The van der Waals surface area contributed by atoms with Crippen molar-refractivity contribution in [1.29, 1.82) is 0 Å². The van der Waals surface area contributed by atoms with Crippen LogP contribution in [0.25, 0.3) is 0 Å². The first-order chi connectivity index (χ1) is 16.9. The van der Waals surface area contributed by atoms with E-state index in [1.54, 1.807) is 42.5 Å². The average molecular weight is 469 g/mol. The third-order valence-corrected chi connectivity index (χ3v) is 5.08. The molecule has 4 aromatic carbocycles. The van der Waals surface area contributed by atoms with Crippen LogP contribution in [0, 0.1) is 6.92 Å². The lowest BCUT2D eigenvalue weighted by Crippen LogP contribution is -2.17. The van der Waals surface area contributed by atoms with E-state index < -0.39 is 12.2 Å². The number of nitrogens with one attached hydrogen (secondary N) is 2. The van der Waals surface area contributed by atoms with Crippen LogP contribution < -0.4 is 20.1 Å². The van der Waals surface area contributed by atoms with Gasteiger partial charge in [-0.1, -0.05) is 48.5 Å². The quantitative estimate of drug-likeness (QED) is 0.300. The zero-order valence-electron chi connectivity index (χ0n) is 19.0. The van der Waals surface area contributed by atoms with Gasteiger partial charge in [-0.25, -0.2) is 9.59 Å². The van der Waals surface area contributed by atoms with Gasteiger partial charge in [0, 0.05) is 17.4 Å². The fraction of sp³-hybridized carbons (Fsp3) is 0.0714. The van der Waals surface area contributed by atoms with E-state index in [1.807, 2.05) is 49.4 Å². The number of para-hydroxylation sites is 1. The SMILES string of the molecule is Cc1cccc(OC(=O)Nc2ccc(Cc3ccccc3NC(=O)Oc3cccc(O)c3)cc2)c1. The number of aryl methyl sites for hydroxylation is 1. The van der Waals surface area contributed by atoms with Gasteiger partial charge in [0.15, 0.2) is 0 Å². The Labute approximate surface area is 203 Å². The summed E-state index contributed by atoms with van der Waals surface area (Å²) in [4.78, 5) is 24.5. The van der Waals surface area contributed by atoms with Crippen molar-refractivity contribution in [3.05, 3.63) is 114 Å². The van der Waals surface area contributed by atoms with Crippen molar-refractivity contribution in [1.82, 2.24) is 0 Å². The smallest absolute Gasteiger partial charge is 0.417 e. The van der Waals surface area contributed by atoms with E-state index in [0.717, 1.165) is 16.7 Å². The van der Waals surface area contributed by atoms with Crippen LogP contribution in [0.3, 0.4) is 0 Å². The van der Waals surface area contributed by atoms with Crippen LogP contribution in [0.2, 0.25) is 0 Å². The van der Waals surface area contributed by atoms with E-state index >= 15 is 0 Å². The summed E-state index contributed by atoms with van der Waals surface area (Å²) >= 11 is 0. The number of hydrogen-bond acceptors (Lipinski definition) is 5. The highest BCUT2D eigenvalue weighted by atomic mass is 16.6. The Balaban J connectivity index is 1.36. The number of phenolic OH excluding ortho intramolecular Hbond substituents is 1. The first-order valence-corrected chi connectivity index (χ1v) is 10.9. The van der Waals surface area contributed by atoms with Crippen LogP contribution in [0.1, 0.15) is 16.7 Å². The summed E-state index contributed by atoms with van der Waals surface area (Å²) in [6.45, 7) is 1.93. The molecule has 0 atom stereocenters. The first kappa shape index (κ1) is 23.4. The zero-order chi connectivity index (χ0) is 24.6. The number of amides is 2. The molecule has 7 heteroatoms. The predicted octanol–water partition coefficient (Wildman–Crippen LogP) is 6.51. The summed E-state index contributed by atoms with van der Waals surface area (Å²) < 4.78 is 10.6. The number of phenols is 1. The maximum absolute atomic E-state index is 12.3. The lowest BCUT2D eigenvalue weighted by Gasteiger charge is -2.12. The van der Waals surface area contributed by atoms with Crippen LogP contribution >= 0.6 is 0 Å². The molecule has 4 aromatic rings. The molecule has 4 rings (SSSR count). The maximum Gasteiger partial charge on any atom is 0.417 e. The molecule has 7 nitrogen and oxygen atoms in total. The number of anilines is 2. The summed E-state index contributed by atoms with van der Waals surface area (Å²) in [5.41, 5.74) is 4.09. The summed E-state index contributed by atoms with van der Waals surface area (Å²) in [5, 5.41) is 15.0. The van der Waals surface area contributed by atoms with E-state index in [0.29, 0.717) is 23.5 Å². The van der Waals surface area contributed by atoms with Gasteiger partial charge in [-0.05, 0) is 72.5 Å². The molecule has 0 spiro atoms. The highest BCUT2D eigenvalue weighted by Crippen LogP contribution is 2.22. The van der Waals surface area contributed by atoms with Crippen molar-refractivity contribution in [3.63, 3.8) is 0 Å². The fourth-order valence-electron chi connectivity index (χ4n) is 3.44. The highest BCUT2D eigenvalue weighted by molar-refractivity contribution is 5.87. The van der Waals surface area contributed by atoms with Crippen molar-refractivity contribution >= 4 is 23.6 Å². The van der Waals surface area contributed by atoms with Gasteiger partial charge < -0.3 is 14.6 Å². The predicted molar refractivity (Wildman–Crippen MR) is 134 cm³/mol. The Hall–Kier alpha value is -4.78. The Morgan fingerprint density at radius 2 is 1.40 bits per heavy atom. The number of aromatic hydroxyl groups is 1. The summed E-state index contributed by atoms with van der Waals surface area (Å²) in [6, 6.07) is 28.1. The van der Waals surface area contributed by atoms with E-state index in [-0.39, 0.29) is 11.5 Å². The molecule has 0 saturated heterocycles. The number of hydrogen-bond donors (Lipinski definition) is 3. The highest BCUT2D eigenvalue weighted by Gasteiger charge is 2.10. The Kier molecular flexibility index (Phi) is 7.28. The molecule has 0 aliphatic rings. The molecule has 0 bridgehead atoms. The Bertz CT molecular complexity index is 1340. The van der Waals surface area contributed by atoms with Crippen LogP contribution in [-0.4, -0.2) is 17.3 Å². The van der Waals surface area contributed by atoms with E-state index in [4.69, 9.17) is 9.47 Å². The van der Waals surface area contributed by atoms with Crippen molar-refractivity contribution in [2.75, 3.05) is 10.6 Å². The number of rotatable bonds is 6. The summed E-state index contributed by atoms with van der Waals surface area (Å²) in [5.74, 6) is 0.729. The van der Waals surface area contributed by atoms with Crippen molar-refractivity contribution in [2.45, 2.75) is 13.3 Å². The Morgan fingerprint density at radius 1 is 0.743 bits per heavy atom. The molecular formula is C28H24N2O5. The van der Waals surface area contributed by atoms with E-state index in [1.165, 1.54) is 12.1 Å². The van der Waals surface area contributed by atoms with Crippen LogP contribution in [0.15, 0.2) is 97.1 Å². The molecule has 0 aliphatic heterocycles. The van der Waals surface area contributed by atoms with Crippen LogP contribution in [0.4, 0.5) is 21.0 Å². The van der Waals surface area contributed by atoms with Crippen LogP contribution in [0.5, 0.6) is 17.2 Å². The molecular weight excluding hydrogens is 444 g/mol. The molecule has 0 radical (unpaired) electrons. The number of ether oxygens (including phenoxy) is 2. The van der Waals surface area contributed by atoms with Gasteiger partial charge in [-0.15, -0.1) is 0 Å². The molecule has 3 N–H and O–H groups in total. The summed E-state index contributed by atoms with van der Waals surface area (Å²) in [7, 11) is 0. The average Bonchev–Trinajstić information content (AvgIpc) is 2.81. The second-order valence-corrected chi connectivity index (χ2v) is 7.87. The molecule has 0 fully saturated rings. The fourth-order valence-corrected chi connectivity index (χ4v) is 3.44. The molecule has 0 aromatic heterocycles. The molecule has 0 saturated carbocycles. The van der Waals surface area contributed by atoms with Gasteiger partial charge in [-0.3, -0.25) is 10.6 Å². The largest absolute Gasteiger partial charge is 0.508 e. The normalized spacial score (nSPS) is 10.3. The lowest BCUT2D eigenvalue weighted by molar-refractivity contribution is 0.214. The van der Waals surface area contributed by atoms with Gasteiger partial charge in [-0.2, -0.15) is 0 Å². The van der Waals surface area contributed by atoms with Gasteiger partial charge in [0.1, 0.15) is 17.2 Å². The van der Waals surface area contributed by atoms with Gasteiger partial charge in [0.25, 0.3) is 0 Å². The van der Waals surface area contributed by atoms with Gasteiger partial charge in [0.05, 0.1) is 0 Å². The molecule has 0 heterocycles. The molecule has 35 heavy (non-hydrogen) atoms. The van der Waals surface area contributed by atoms with E-state index in [9.17, 15) is 14.7 Å². The minimum atomic E-state index is -0.658. The van der Waals surface area contributed by atoms with Crippen molar-refractivity contribution in [2.24, 2.45) is 0 Å².